The van der Waals surface area contributed by atoms with Crippen LogP contribution in [-0.4, -0.2) is 60.2 Å². The van der Waals surface area contributed by atoms with Gasteiger partial charge in [0, 0.05) is 5.38 Å². The van der Waals surface area contributed by atoms with Crippen molar-refractivity contribution in [2.75, 3.05) is 25.0 Å². The fourth-order valence-electron chi connectivity index (χ4n) is 1.83. The Balaban J connectivity index is 2.11. The quantitative estimate of drug-likeness (QED) is 0.259. The summed E-state index contributed by atoms with van der Waals surface area (Å²) >= 11 is 6.43. The largest absolute Gasteiger partial charge is 0.398 e. The molecule has 1 aromatic rings. The molecule has 3 amide bonds. The van der Waals surface area contributed by atoms with E-state index in [2.05, 4.69) is 30.9 Å². The van der Waals surface area contributed by atoms with Crippen molar-refractivity contribution in [2.24, 2.45) is 5.16 Å². The van der Waals surface area contributed by atoms with Crippen LogP contribution in [0.25, 0.3) is 0 Å². The highest BCUT2D eigenvalue weighted by Gasteiger charge is 2.41. The molecule has 9 nitrogen and oxygen atoms in total. The van der Waals surface area contributed by atoms with E-state index in [9.17, 15) is 18.8 Å². The summed E-state index contributed by atoms with van der Waals surface area (Å²) in [6, 6.07) is -1.77. The van der Waals surface area contributed by atoms with Gasteiger partial charge < -0.3 is 20.8 Å². The Labute approximate surface area is 144 Å². The maximum Gasteiger partial charge on any atom is 0.276 e. The first-order valence-corrected chi connectivity index (χ1v) is 8.01. The zero-order valence-corrected chi connectivity index (χ0v) is 13.9. The Bertz CT molecular complexity index is 682. The van der Waals surface area contributed by atoms with Gasteiger partial charge in [0.15, 0.2) is 10.8 Å². The molecule has 1 aromatic heterocycles. The Hall–Kier alpha value is -2.27. The van der Waals surface area contributed by atoms with Crippen LogP contribution in [0, 0.1) is 0 Å². The van der Waals surface area contributed by atoms with Gasteiger partial charge in [0.05, 0.1) is 6.04 Å². The van der Waals surface area contributed by atoms with Crippen LogP contribution in [-0.2, 0) is 19.2 Å². The van der Waals surface area contributed by atoms with E-state index in [4.69, 9.17) is 11.6 Å². The van der Waals surface area contributed by atoms with Crippen LogP contribution < -0.4 is 16.0 Å². The summed E-state index contributed by atoms with van der Waals surface area (Å²) < 4.78 is 12.7. The van der Waals surface area contributed by atoms with Crippen molar-refractivity contribution in [3.05, 3.63) is 11.1 Å². The lowest BCUT2D eigenvalue weighted by Gasteiger charge is -2.35. The minimum atomic E-state index is -0.987. The monoisotopic (exact) mass is 377 g/mol. The average Bonchev–Trinajstić information content (AvgIpc) is 3.02. The number of carbonyl (C=O) groups excluding carboxylic acids is 3. The second-order valence-electron chi connectivity index (χ2n) is 4.56. The molecule has 2 heterocycles. The highest BCUT2D eigenvalue weighted by atomic mass is 35.5. The molecule has 2 rings (SSSR count). The molecule has 0 spiro atoms. The smallest absolute Gasteiger partial charge is 0.276 e. The molecule has 0 saturated carbocycles. The van der Waals surface area contributed by atoms with Gasteiger partial charge in [0.25, 0.3) is 5.91 Å². The Morgan fingerprint density at radius 2 is 2.33 bits per heavy atom. The number of nitrogens with one attached hydrogen (secondary N) is 3. The maximum atomic E-state index is 12.7. The van der Waals surface area contributed by atoms with Crippen LogP contribution in [0.5, 0.6) is 0 Å². The summed E-state index contributed by atoms with van der Waals surface area (Å²) in [6.45, 7) is -0.807. The molecule has 2 atom stereocenters. The highest BCUT2D eigenvalue weighted by molar-refractivity contribution is 7.14. The van der Waals surface area contributed by atoms with Crippen LogP contribution in [0.2, 0.25) is 0 Å². The molecule has 1 aliphatic heterocycles. The highest BCUT2D eigenvalue weighted by Crippen LogP contribution is 2.17. The van der Waals surface area contributed by atoms with Crippen LogP contribution in [0.3, 0.4) is 0 Å². The summed E-state index contributed by atoms with van der Waals surface area (Å²) in [5.41, 5.74) is -0.0850. The van der Waals surface area contributed by atoms with Crippen LogP contribution in [0.4, 0.5) is 9.52 Å². The van der Waals surface area contributed by atoms with E-state index in [0.29, 0.717) is 0 Å². The topological polar surface area (TPSA) is 122 Å². The van der Waals surface area contributed by atoms with Crippen molar-refractivity contribution in [3.8, 4) is 0 Å². The summed E-state index contributed by atoms with van der Waals surface area (Å²) in [7, 11) is 1.23. The van der Waals surface area contributed by atoms with Crippen molar-refractivity contribution in [1.82, 2.24) is 15.6 Å². The third-order valence-corrected chi connectivity index (χ3v) is 3.98. The zero-order chi connectivity index (χ0) is 17.7. The molecule has 1 aliphatic rings. The molecule has 0 radical (unpaired) electrons. The SMILES string of the molecule is CO/N=C(\C(=O)N[C@@H]1C(=O)N[C@@H]1CF)c1csc(NC(=O)CCl)n1. The van der Waals surface area contributed by atoms with Gasteiger partial charge in [0.1, 0.15) is 31.4 Å². The first kappa shape index (κ1) is 18.1. The number of nitrogens with zero attached hydrogens (tertiary/aromatic N) is 2. The van der Waals surface area contributed by atoms with E-state index in [1.165, 1.54) is 12.5 Å². The van der Waals surface area contributed by atoms with E-state index in [1.807, 2.05) is 0 Å². The molecule has 0 bridgehead atoms. The van der Waals surface area contributed by atoms with Gasteiger partial charge in [-0.2, -0.15) is 0 Å². The minimum absolute atomic E-state index is 0.126. The molecular formula is C12H13ClFN5O4S. The van der Waals surface area contributed by atoms with Gasteiger partial charge in [-0.15, -0.1) is 22.9 Å². The number of amides is 3. The van der Waals surface area contributed by atoms with E-state index < -0.39 is 36.5 Å². The molecule has 130 valence electrons. The van der Waals surface area contributed by atoms with E-state index >= 15 is 0 Å². The van der Waals surface area contributed by atoms with Crippen molar-refractivity contribution < 1.29 is 23.6 Å². The van der Waals surface area contributed by atoms with Gasteiger partial charge in [-0.3, -0.25) is 14.4 Å². The third-order valence-electron chi connectivity index (χ3n) is 2.98. The number of aromatic nitrogens is 1. The van der Waals surface area contributed by atoms with E-state index in [-0.39, 0.29) is 22.4 Å². The van der Waals surface area contributed by atoms with Crippen LogP contribution in [0.1, 0.15) is 5.69 Å². The third kappa shape index (κ3) is 3.97. The lowest BCUT2D eigenvalue weighted by molar-refractivity contribution is -0.135. The van der Waals surface area contributed by atoms with E-state index in [0.717, 1.165) is 11.3 Å². The van der Waals surface area contributed by atoms with Gasteiger partial charge in [-0.25, -0.2) is 9.37 Å². The fourth-order valence-corrected chi connectivity index (χ4v) is 2.61. The van der Waals surface area contributed by atoms with Gasteiger partial charge in [0.2, 0.25) is 11.8 Å². The number of anilines is 1. The normalized spacial score (nSPS) is 20.0. The maximum absolute atomic E-state index is 12.7. The second kappa shape index (κ2) is 8.02. The zero-order valence-electron chi connectivity index (χ0n) is 12.3. The molecule has 24 heavy (non-hydrogen) atoms. The fraction of sp³-hybridized carbons (Fsp3) is 0.417. The van der Waals surface area contributed by atoms with Gasteiger partial charge >= 0.3 is 0 Å². The molecular weight excluding hydrogens is 365 g/mol. The number of hydrogen-bond acceptors (Lipinski definition) is 7. The number of carbonyl (C=O) groups is 3. The summed E-state index contributed by atoms with van der Waals surface area (Å²) in [4.78, 5) is 43.5. The standard InChI is InChI=1S/C12H13ClFN5O4S/c1-23-19-9(6-4-24-12(16-6)17-7(20)2-13)11(22)18-8-5(3-14)15-10(8)21/h4-5,8H,2-3H2,1H3,(H,15,21)(H,18,22)(H,16,17,20)/b19-9-/t5-,8+/m1/s1. The molecule has 1 fully saturated rings. The Morgan fingerprint density at radius 1 is 1.58 bits per heavy atom. The van der Waals surface area contributed by atoms with Crippen molar-refractivity contribution in [2.45, 2.75) is 12.1 Å². The number of rotatable bonds is 7. The minimum Gasteiger partial charge on any atom is -0.398 e. The van der Waals surface area contributed by atoms with E-state index in [1.54, 1.807) is 0 Å². The van der Waals surface area contributed by atoms with Gasteiger partial charge in [-0.1, -0.05) is 5.16 Å². The summed E-state index contributed by atoms with van der Waals surface area (Å²) in [5, 5.41) is 12.4. The number of thiazole rings is 1. The molecule has 0 aliphatic carbocycles. The predicted molar refractivity (Wildman–Crippen MR) is 84.8 cm³/mol. The second-order valence-corrected chi connectivity index (χ2v) is 5.69. The molecule has 0 aromatic carbocycles. The summed E-state index contributed by atoms with van der Waals surface area (Å²) in [6.07, 6.45) is 0. The lowest BCUT2D eigenvalue weighted by Crippen LogP contribution is -2.70. The van der Waals surface area contributed by atoms with Crippen LogP contribution in [0.15, 0.2) is 10.5 Å². The average molecular weight is 378 g/mol. The summed E-state index contributed by atoms with van der Waals surface area (Å²) in [5.74, 6) is -1.94. The number of β-lactam (4-membered cyclic amide) rings is 1. The molecule has 0 unspecified atom stereocenters. The number of halogens is 2. The number of alkyl halides is 2. The Kier molecular flexibility index (Phi) is 6.04. The molecule has 3 N–H and O–H groups in total. The lowest BCUT2D eigenvalue weighted by atomic mass is 10.00. The Morgan fingerprint density at radius 3 is 2.92 bits per heavy atom. The van der Waals surface area contributed by atoms with Crippen molar-refractivity contribution >= 4 is 51.5 Å². The molecule has 12 heteroatoms. The first-order valence-electron chi connectivity index (χ1n) is 6.60. The first-order chi connectivity index (χ1) is 11.5. The predicted octanol–water partition coefficient (Wildman–Crippen LogP) is -0.376. The van der Waals surface area contributed by atoms with Crippen molar-refractivity contribution in [1.29, 1.82) is 0 Å². The van der Waals surface area contributed by atoms with Crippen LogP contribution >= 0.6 is 22.9 Å². The van der Waals surface area contributed by atoms with Crippen molar-refractivity contribution in [3.63, 3.8) is 0 Å². The number of oxime groups is 1. The number of hydrogen-bond donors (Lipinski definition) is 3. The molecule has 1 saturated heterocycles. The van der Waals surface area contributed by atoms with Gasteiger partial charge in [-0.05, 0) is 0 Å².